The van der Waals surface area contributed by atoms with E-state index >= 15 is 0 Å². The third kappa shape index (κ3) is 6.62. The van der Waals surface area contributed by atoms with E-state index < -0.39 is 10.0 Å². The molecule has 0 spiro atoms. The standard InChI is InChI=1S/C18H28N2O4S/c1-15(13-19(3)10-11-21)12-16(2)25(22,23)20(4)14-17-6-8-18(24-5)9-7-17/h6-9,12,21H,2,10-11,13-14H2,1,3-5H3/b15-12+. The van der Waals surface area contributed by atoms with Gasteiger partial charge >= 0.3 is 0 Å². The second-order valence-corrected chi connectivity index (χ2v) is 8.13. The summed E-state index contributed by atoms with van der Waals surface area (Å²) in [5.41, 5.74) is 1.73. The van der Waals surface area contributed by atoms with E-state index in [4.69, 9.17) is 9.84 Å². The van der Waals surface area contributed by atoms with Gasteiger partial charge in [0.2, 0.25) is 10.0 Å². The predicted octanol–water partition coefficient (Wildman–Crippen LogP) is 1.84. The number of methoxy groups -OCH3 is 1. The Morgan fingerprint density at radius 3 is 2.40 bits per heavy atom. The van der Waals surface area contributed by atoms with Gasteiger partial charge in [0, 0.05) is 26.7 Å². The molecule has 0 aliphatic rings. The minimum Gasteiger partial charge on any atom is -0.497 e. The van der Waals surface area contributed by atoms with E-state index in [0.29, 0.717) is 13.1 Å². The molecule has 1 rings (SSSR count). The Morgan fingerprint density at radius 1 is 1.28 bits per heavy atom. The lowest BCUT2D eigenvalue weighted by atomic mass is 10.2. The predicted molar refractivity (Wildman–Crippen MR) is 101 cm³/mol. The minimum absolute atomic E-state index is 0.0541. The van der Waals surface area contributed by atoms with Crippen molar-refractivity contribution >= 4 is 10.0 Å². The van der Waals surface area contributed by atoms with Crippen molar-refractivity contribution in [2.45, 2.75) is 13.5 Å². The molecular weight excluding hydrogens is 340 g/mol. The summed E-state index contributed by atoms with van der Waals surface area (Å²) in [4.78, 5) is 1.96. The molecule has 0 heterocycles. The van der Waals surface area contributed by atoms with Crippen LogP contribution in [0.5, 0.6) is 5.75 Å². The third-order valence-corrected chi connectivity index (χ3v) is 5.44. The highest BCUT2D eigenvalue weighted by Crippen LogP contribution is 2.18. The van der Waals surface area contributed by atoms with Crippen molar-refractivity contribution in [1.29, 1.82) is 0 Å². The molecule has 0 unspecified atom stereocenters. The van der Waals surface area contributed by atoms with Crippen LogP contribution in [0.1, 0.15) is 12.5 Å². The number of hydrogen-bond acceptors (Lipinski definition) is 5. The molecule has 7 heteroatoms. The Balaban J connectivity index is 2.78. The molecule has 140 valence electrons. The van der Waals surface area contributed by atoms with E-state index in [-0.39, 0.29) is 18.1 Å². The van der Waals surface area contributed by atoms with Crippen LogP contribution >= 0.6 is 0 Å². The number of allylic oxidation sites excluding steroid dienone is 1. The SMILES string of the molecule is C=C(/C=C(\C)CN(C)CCO)S(=O)(=O)N(C)Cc1ccc(OC)cc1. The van der Waals surface area contributed by atoms with Gasteiger partial charge in [0.05, 0.1) is 18.6 Å². The molecule has 1 N–H and O–H groups in total. The Kier molecular flexibility index (Phi) is 8.31. The zero-order chi connectivity index (χ0) is 19.0. The highest BCUT2D eigenvalue weighted by molar-refractivity contribution is 7.93. The first kappa shape index (κ1) is 21.4. The van der Waals surface area contributed by atoms with Crippen molar-refractivity contribution in [3.63, 3.8) is 0 Å². The van der Waals surface area contributed by atoms with Gasteiger partial charge in [-0.3, -0.25) is 0 Å². The molecule has 0 atom stereocenters. The van der Waals surface area contributed by atoms with Crippen LogP contribution in [0.3, 0.4) is 0 Å². The Labute approximate surface area is 151 Å². The van der Waals surface area contributed by atoms with Gasteiger partial charge in [-0.25, -0.2) is 8.42 Å². The molecule has 0 aliphatic heterocycles. The molecular formula is C18H28N2O4S. The van der Waals surface area contributed by atoms with Gasteiger partial charge in [-0.1, -0.05) is 24.3 Å². The monoisotopic (exact) mass is 368 g/mol. The molecule has 0 aliphatic carbocycles. The number of aliphatic hydroxyl groups excluding tert-OH is 1. The molecule has 0 radical (unpaired) electrons. The fourth-order valence-corrected chi connectivity index (χ4v) is 3.41. The molecule has 1 aromatic carbocycles. The lowest BCUT2D eigenvalue weighted by Crippen LogP contribution is -2.27. The van der Waals surface area contributed by atoms with Gasteiger partial charge in [-0.2, -0.15) is 4.31 Å². The quantitative estimate of drug-likeness (QED) is 0.638. The highest BCUT2D eigenvalue weighted by Gasteiger charge is 2.21. The van der Waals surface area contributed by atoms with Crippen LogP contribution in [0.2, 0.25) is 0 Å². The average Bonchev–Trinajstić information content (AvgIpc) is 2.55. The van der Waals surface area contributed by atoms with Crippen LogP contribution in [0.15, 0.2) is 47.4 Å². The van der Waals surface area contributed by atoms with Crippen molar-refractivity contribution in [2.75, 3.05) is 40.9 Å². The largest absolute Gasteiger partial charge is 0.497 e. The molecule has 1 aromatic rings. The summed E-state index contributed by atoms with van der Waals surface area (Å²) >= 11 is 0. The number of hydrogen-bond donors (Lipinski definition) is 1. The number of ether oxygens (including phenoxy) is 1. The number of likely N-dealkylation sites (N-methyl/N-ethyl adjacent to an activating group) is 1. The topological polar surface area (TPSA) is 70.1 Å². The normalized spacial score (nSPS) is 12.7. The zero-order valence-electron chi connectivity index (χ0n) is 15.4. The maximum atomic E-state index is 12.6. The molecule has 0 bridgehead atoms. The van der Waals surface area contributed by atoms with Crippen molar-refractivity contribution in [2.24, 2.45) is 0 Å². The van der Waals surface area contributed by atoms with Crippen molar-refractivity contribution < 1.29 is 18.3 Å². The molecule has 0 amide bonds. The number of sulfonamides is 1. The number of rotatable bonds is 10. The summed E-state index contributed by atoms with van der Waals surface area (Å²) in [6, 6.07) is 7.26. The van der Waals surface area contributed by atoms with Gasteiger partial charge < -0.3 is 14.7 Å². The summed E-state index contributed by atoms with van der Waals surface area (Å²) in [5, 5.41) is 8.92. The van der Waals surface area contributed by atoms with Gasteiger partial charge in [-0.15, -0.1) is 0 Å². The molecule has 25 heavy (non-hydrogen) atoms. The second kappa shape index (κ2) is 9.72. The lowest BCUT2D eigenvalue weighted by Gasteiger charge is -2.19. The van der Waals surface area contributed by atoms with Crippen molar-refractivity contribution in [1.82, 2.24) is 9.21 Å². The van der Waals surface area contributed by atoms with E-state index in [1.54, 1.807) is 25.3 Å². The average molecular weight is 368 g/mol. The number of aliphatic hydroxyl groups is 1. The summed E-state index contributed by atoms with van der Waals surface area (Å²) < 4.78 is 31.6. The Morgan fingerprint density at radius 2 is 1.88 bits per heavy atom. The van der Waals surface area contributed by atoms with Gasteiger partial charge in [-0.05, 0) is 37.7 Å². The van der Waals surface area contributed by atoms with E-state index in [2.05, 4.69) is 6.58 Å². The van der Waals surface area contributed by atoms with Gasteiger partial charge in [0.1, 0.15) is 5.75 Å². The van der Waals surface area contributed by atoms with Crippen LogP contribution < -0.4 is 4.74 Å². The van der Waals surface area contributed by atoms with Crippen molar-refractivity contribution in [3.05, 3.63) is 53.0 Å². The minimum atomic E-state index is -3.63. The first-order valence-corrected chi connectivity index (χ1v) is 9.39. The number of benzene rings is 1. The van der Waals surface area contributed by atoms with Gasteiger partial charge in [0.15, 0.2) is 0 Å². The van der Waals surface area contributed by atoms with Gasteiger partial charge in [0.25, 0.3) is 0 Å². The maximum absolute atomic E-state index is 12.6. The molecule has 0 saturated heterocycles. The van der Waals surface area contributed by atoms with Crippen LogP contribution in [-0.2, 0) is 16.6 Å². The fourth-order valence-electron chi connectivity index (χ4n) is 2.34. The summed E-state index contributed by atoms with van der Waals surface area (Å²) in [6.45, 7) is 6.97. The smallest absolute Gasteiger partial charge is 0.242 e. The van der Waals surface area contributed by atoms with Crippen molar-refractivity contribution in [3.8, 4) is 5.75 Å². The number of nitrogens with zero attached hydrogens (tertiary/aromatic N) is 2. The Hall–Kier alpha value is -1.67. The van der Waals surface area contributed by atoms with Crippen LogP contribution in [0.25, 0.3) is 0 Å². The van der Waals surface area contributed by atoms with E-state index in [1.807, 2.05) is 31.0 Å². The van der Waals surface area contributed by atoms with Crippen LogP contribution in [-0.4, -0.2) is 63.6 Å². The summed E-state index contributed by atoms with van der Waals surface area (Å²) in [6.07, 6.45) is 1.58. The fraction of sp³-hybridized carbons (Fsp3) is 0.444. The zero-order valence-corrected chi connectivity index (χ0v) is 16.2. The highest BCUT2D eigenvalue weighted by atomic mass is 32.2. The molecule has 0 fully saturated rings. The third-order valence-electron chi connectivity index (χ3n) is 3.71. The summed E-state index contributed by atoms with van der Waals surface area (Å²) in [7, 11) is 1.35. The second-order valence-electron chi connectivity index (χ2n) is 6.03. The first-order valence-electron chi connectivity index (χ1n) is 7.95. The Bertz CT molecular complexity index is 696. The maximum Gasteiger partial charge on any atom is 0.242 e. The molecule has 6 nitrogen and oxygen atoms in total. The van der Waals surface area contributed by atoms with Crippen LogP contribution in [0, 0.1) is 0 Å². The molecule has 0 saturated carbocycles. The molecule has 0 aromatic heterocycles. The van der Waals surface area contributed by atoms with Crippen LogP contribution in [0.4, 0.5) is 0 Å². The van der Waals surface area contributed by atoms with E-state index in [1.165, 1.54) is 11.4 Å². The summed E-state index contributed by atoms with van der Waals surface area (Å²) in [5.74, 6) is 0.726. The van der Waals surface area contributed by atoms with E-state index in [9.17, 15) is 8.42 Å². The lowest BCUT2D eigenvalue weighted by molar-refractivity contribution is 0.230. The van der Waals surface area contributed by atoms with E-state index in [0.717, 1.165) is 16.9 Å². The first-order chi connectivity index (χ1) is 11.7.